The van der Waals surface area contributed by atoms with Gasteiger partial charge in [0.05, 0.1) is 39.1 Å². The Morgan fingerprint density at radius 2 is 0.814 bits per heavy atom. The smallest absolute Gasteiger partial charge is 0.0730 e. The normalized spacial score (nSPS) is 11.7. The van der Waals surface area contributed by atoms with Crippen LogP contribution in [0.1, 0.15) is 25.3 Å². The zero-order chi connectivity index (χ0) is 39.5. The average molecular weight is 756 g/mol. The van der Waals surface area contributed by atoms with E-state index in [9.17, 15) is 0 Å². The number of aromatic nitrogens is 3. The van der Waals surface area contributed by atoms with E-state index in [1.807, 2.05) is 0 Å². The van der Waals surface area contributed by atoms with Crippen molar-refractivity contribution in [3.63, 3.8) is 0 Å². The molecule has 0 unspecified atom stereocenters. The van der Waals surface area contributed by atoms with Gasteiger partial charge in [0.2, 0.25) is 0 Å². The molecule has 0 amide bonds. The molecule has 3 nitrogen and oxygen atoms in total. The van der Waals surface area contributed by atoms with Crippen LogP contribution in [0.2, 0.25) is 0 Å². The zero-order valence-electron chi connectivity index (χ0n) is 33.0. The van der Waals surface area contributed by atoms with E-state index >= 15 is 0 Å². The Labute approximate surface area is 344 Å². The predicted molar refractivity (Wildman–Crippen MR) is 249 cm³/mol. The molecule has 0 saturated heterocycles. The maximum Gasteiger partial charge on any atom is 0.0730 e. The first kappa shape index (κ1) is 34.7. The van der Waals surface area contributed by atoms with Gasteiger partial charge in [-0.1, -0.05) is 166 Å². The molecule has 0 aliphatic rings. The van der Waals surface area contributed by atoms with Gasteiger partial charge in [-0.3, -0.25) is 0 Å². The van der Waals surface area contributed by atoms with Gasteiger partial charge in [0.15, 0.2) is 0 Å². The van der Waals surface area contributed by atoms with Crippen molar-refractivity contribution in [3.05, 3.63) is 212 Å². The molecule has 0 spiro atoms. The molecule has 3 heteroatoms. The number of pyridine rings is 1. The number of hydrogen-bond donors (Lipinski definition) is 0. The van der Waals surface area contributed by atoms with Crippen LogP contribution >= 0.6 is 0 Å². The lowest BCUT2D eigenvalue weighted by molar-refractivity contribution is 0.867. The standard InChI is InChI=1S/C56H41N3/c1-37(2)38-24-26-39(27-25-38)42-18-13-19-45(32-42)58-54-23-12-10-21-48(54)50-33-43(29-31-55(50)58)44-28-30-49-47-20-9-11-22-53(47)59(56(49)34-44)46-35-51(40-14-5-3-6-15-40)57-52(36-46)41-16-7-4-8-17-41/h3-37H,1-2H3. The lowest BCUT2D eigenvalue weighted by atomic mass is 9.98. The maximum atomic E-state index is 5.20. The number of fused-ring (bicyclic) bond motifs is 6. The minimum atomic E-state index is 0.507. The second kappa shape index (κ2) is 14.2. The molecule has 0 bridgehead atoms. The van der Waals surface area contributed by atoms with Gasteiger partial charge >= 0.3 is 0 Å². The van der Waals surface area contributed by atoms with E-state index in [2.05, 4.69) is 229 Å². The Kier molecular flexibility index (Phi) is 8.34. The van der Waals surface area contributed by atoms with Crippen LogP contribution in [-0.2, 0) is 0 Å². The molecule has 0 aliphatic carbocycles. The average Bonchev–Trinajstić information content (AvgIpc) is 3.82. The van der Waals surface area contributed by atoms with Crippen LogP contribution in [0, 0.1) is 0 Å². The monoisotopic (exact) mass is 755 g/mol. The van der Waals surface area contributed by atoms with E-state index in [1.165, 1.54) is 65.9 Å². The highest BCUT2D eigenvalue weighted by molar-refractivity contribution is 6.12. The Balaban J connectivity index is 1.07. The molecule has 3 heterocycles. The van der Waals surface area contributed by atoms with Crippen LogP contribution in [0.5, 0.6) is 0 Å². The predicted octanol–water partition coefficient (Wildman–Crippen LogP) is 15.1. The highest BCUT2D eigenvalue weighted by Crippen LogP contribution is 2.39. The van der Waals surface area contributed by atoms with Crippen LogP contribution in [0.3, 0.4) is 0 Å². The summed E-state index contributed by atoms with van der Waals surface area (Å²) in [6.07, 6.45) is 0. The molecular formula is C56H41N3. The largest absolute Gasteiger partial charge is 0.309 e. The van der Waals surface area contributed by atoms with Crippen LogP contribution in [0.25, 0.3) is 99.8 Å². The highest BCUT2D eigenvalue weighted by Gasteiger charge is 2.18. The zero-order valence-corrected chi connectivity index (χ0v) is 33.0. The van der Waals surface area contributed by atoms with Crippen molar-refractivity contribution in [1.82, 2.24) is 14.1 Å². The van der Waals surface area contributed by atoms with E-state index < -0.39 is 0 Å². The van der Waals surface area contributed by atoms with E-state index in [-0.39, 0.29) is 0 Å². The van der Waals surface area contributed by atoms with Gasteiger partial charge < -0.3 is 9.13 Å². The van der Waals surface area contributed by atoms with Gasteiger partial charge in [-0.05, 0) is 88.3 Å². The third-order valence-corrected chi connectivity index (χ3v) is 11.9. The first-order chi connectivity index (χ1) is 29.1. The van der Waals surface area contributed by atoms with Gasteiger partial charge in [0.25, 0.3) is 0 Å². The van der Waals surface area contributed by atoms with Crippen LogP contribution < -0.4 is 0 Å². The second-order valence-electron chi connectivity index (χ2n) is 15.8. The summed E-state index contributed by atoms with van der Waals surface area (Å²) in [6.45, 7) is 4.49. The third-order valence-electron chi connectivity index (χ3n) is 11.9. The van der Waals surface area contributed by atoms with Gasteiger partial charge in [-0.2, -0.15) is 0 Å². The van der Waals surface area contributed by atoms with Crippen molar-refractivity contribution in [3.8, 4) is 56.1 Å². The summed E-state index contributed by atoms with van der Waals surface area (Å²) in [4.78, 5) is 5.20. The summed E-state index contributed by atoms with van der Waals surface area (Å²) in [5.41, 5.74) is 17.2. The highest BCUT2D eigenvalue weighted by atomic mass is 15.0. The number of para-hydroxylation sites is 2. The fourth-order valence-corrected chi connectivity index (χ4v) is 8.90. The summed E-state index contributed by atoms with van der Waals surface area (Å²) >= 11 is 0. The van der Waals surface area contributed by atoms with E-state index in [0.29, 0.717) is 5.92 Å². The summed E-state index contributed by atoms with van der Waals surface area (Å²) in [7, 11) is 0. The van der Waals surface area contributed by atoms with Crippen molar-refractivity contribution in [1.29, 1.82) is 0 Å². The summed E-state index contributed by atoms with van der Waals surface area (Å²) in [6, 6.07) is 74.9. The molecule has 0 radical (unpaired) electrons. The summed E-state index contributed by atoms with van der Waals surface area (Å²) < 4.78 is 4.84. The van der Waals surface area contributed by atoms with Crippen molar-refractivity contribution >= 4 is 43.6 Å². The topological polar surface area (TPSA) is 22.8 Å². The van der Waals surface area contributed by atoms with Gasteiger partial charge in [0.1, 0.15) is 0 Å². The first-order valence-electron chi connectivity index (χ1n) is 20.5. The molecular weight excluding hydrogens is 715 g/mol. The molecule has 8 aromatic carbocycles. The molecule has 59 heavy (non-hydrogen) atoms. The summed E-state index contributed by atoms with van der Waals surface area (Å²) in [5.74, 6) is 0.507. The third kappa shape index (κ3) is 6.02. The van der Waals surface area contributed by atoms with Crippen LogP contribution in [-0.4, -0.2) is 14.1 Å². The lowest BCUT2D eigenvalue weighted by Gasteiger charge is -2.14. The molecule has 11 rings (SSSR count). The van der Waals surface area contributed by atoms with Crippen molar-refractivity contribution in [2.24, 2.45) is 0 Å². The van der Waals surface area contributed by atoms with Crippen molar-refractivity contribution in [2.45, 2.75) is 19.8 Å². The molecule has 0 saturated carbocycles. The molecule has 0 N–H and O–H groups in total. The fraction of sp³-hybridized carbons (Fsp3) is 0.0536. The van der Waals surface area contributed by atoms with E-state index in [4.69, 9.17) is 4.98 Å². The molecule has 0 fully saturated rings. The number of benzene rings is 8. The second-order valence-corrected chi connectivity index (χ2v) is 15.8. The molecule has 0 atom stereocenters. The molecule has 3 aromatic heterocycles. The first-order valence-corrected chi connectivity index (χ1v) is 20.5. The number of rotatable bonds is 7. The van der Waals surface area contributed by atoms with Crippen molar-refractivity contribution < 1.29 is 0 Å². The Bertz CT molecular complexity index is 3280. The number of hydrogen-bond acceptors (Lipinski definition) is 1. The lowest BCUT2D eigenvalue weighted by Crippen LogP contribution is -1.98. The molecule has 280 valence electrons. The molecule has 11 aromatic rings. The minimum Gasteiger partial charge on any atom is -0.309 e. The van der Waals surface area contributed by atoms with Crippen LogP contribution in [0.15, 0.2) is 206 Å². The Morgan fingerprint density at radius 1 is 0.322 bits per heavy atom. The van der Waals surface area contributed by atoms with Gasteiger partial charge in [-0.15, -0.1) is 0 Å². The van der Waals surface area contributed by atoms with E-state index in [1.54, 1.807) is 0 Å². The van der Waals surface area contributed by atoms with Gasteiger partial charge in [-0.25, -0.2) is 4.98 Å². The SMILES string of the molecule is CC(C)c1ccc(-c2cccc(-n3c4ccccc4c4cc(-c5ccc6c7ccccc7n(-c7cc(-c8ccccc8)nc(-c8ccccc8)c7)c6c5)ccc43)c2)cc1. The minimum absolute atomic E-state index is 0.507. The maximum absolute atomic E-state index is 5.20. The summed E-state index contributed by atoms with van der Waals surface area (Å²) in [5, 5.41) is 4.93. The molecule has 0 aliphatic heterocycles. The Hall–Kier alpha value is -7.49. The van der Waals surface area contributed by atoms with Crippen molar-refractivity contribution in [2.75, 3.05) is 0 Å². The fourth-order valence-electron chi connectivity index (χ4n) is 8.90. The Morgan fingerprint density at radius 3 is 1.47 bits per heavy atom. The van der Waals surface area contributed by atoms with Crippen LogP contribution in [0.4, 0.5) is 0 Å². The van der Waals surface area contributed by atoms with E-state index in [0.717, 1.165) is 39.4 Å². The number of nitrogens with zero attached hydrogens (tertiary/aromatic N) is 3. The quantitative estimate of drug-likeness (QED) is 0.159. The van der Waals surface area contributed by atoms with Gasteiger partial charge in [0, 0.05) is 38.4 Å².